The van der Waals surface area contributed by atoms with Gasteiger partial charge in [-0.25, -0.2) is 15.0 Å². The molecule has 0 bridgehead atoms. The van der Waals surface area contributed by atoms with Gasteiger partial charge in [0.1, 0.15) is 34.8 Å². The summed E-state index contributed by atoms with van der Waals surface area (Å²) in [4.78, 5) is 31.9. The van der Waals surface area contributed by atoms with Crippen LogP contribution in [0.5, 0.6) is 0 Å². The molecule has 8 aliphatic heterocycles. The highest BCUT2D eigenvalue weighted by Gasteiger charge is 2.28. The minimum Gasteiger partial charge on any atom is -0.428 e. The first-order chi connectivity index (χ1) is 48.2. The lowest BCUT2D eigenvalue weighted by Crippen LogP contribution is -2.32. The first kappa shape index (κ1) is 76.9. The Morgan fingerprint density at radius 2 is 0.990 bits per heavy atom. The molecule has 8 aliphatic rings. The van der Waals surface area contributed by atoms with Crippen molar-refractivity contribution in [3.63, 3.8) is 0 Å². The molecule has 8 saturated heterocycles. The van der Waals surface area contributed by atoms with E-state index in [2.05, 4.69) is 195 Å². The molecule has 0 atom stereocenters. The minimum atomic E-state index is 0.490. The minimum absolute atomic E-state index is 0.490. The summed E-state index contributed by atoms with van der Waals surface area (Å²) in [6, 6.07) is 1.98. The Hall–Kier alpha value is -6.29. The van der Waals surface area contributed by atoms with Crippen molar-refractivity contribution in [2.75, 3.05) is 161 Å². The van der Waals surface area contributed by atoms with Crippen molar-refractivity contribution in [2.24, 2.45) is 7.05 Å². The molecule has 16 rings (SSSR count). The van der Waals surface area contributed by atoms with Crippen molar-refractivity contribution >= 4 is 22.7 Å². The van der Waals surface area contributed by atoms with Crippen molar-refractivity contribution in [1.82, 2.24) is 126 Å². The summed E-state index contributed by atoms with van der Waals surface area (Å²) in [7, 11) is 19.2. The number of piperidine rings is 8. The number of rotatable bonds is 9. The third-order valence-electron chi connectivity index (χ3n) is 20.7. The number of nitrogens with zero attached hydrogens (tertiary/aromatic N) is 23. The molecule has 0 unspecified atom stereocenters. The van der Waals surface area contributed by atoms with Gasteiger partial charge in [0, 0.05) is 70.3 Å². The molecule has 0 amide bonds. The van der Waals surface area contributed by atoms with Gasteiger partial charge in [-0.05, 0) is 264 Å². The molecule has 3 N–H and O–H groups in total. The van der Waals surface area contributed by atoms with E-state index < -0.39 is 0 Å². The fourth-order valence-electron chi connectivity index (χ4n) is 13.7. The maximum absolute atomic E-state index is 5.37. The van der Waals surface area contributed by atoms with Crippen molar-refractivity contribution in [2.45, 2.75) is 163 Å². The van der Waals surface area contributed by atoms with E-state index in [1.807, 2.05) is 24.1 Å². The van der Waals surface area contributed by atoms with Gasteiger partial charge in [0.15, 0.2) is 18.7 Å². The highest BCUT2D eigenvalue weighted by atomic mass is 32.1. The zero-order valence-corrected chi connectivity index (χ0v) is 62.5. The van der Waals surface area contributed by atoms with Crippen LogP contribution in [0.1, 0.15) is 208 Å². The van der Waals surface area contributed by atoms with Gasteiger partial charge in [0.25, 0.3) is 5.89 Å². The highest BCUT2D eigenvalue weighted by Crippen LogP contribution is 2.32. The third-order valence-corrected chi connectivity index (χ3v) is 22.1. The number of aromatic nitrogens is 18. The topological polar surface area (TPSA) is 297 Å². The molecular formula is C68H115N26O3S2+. The number of thiazole rings is 1. The van der Waals surface area contributed by atoms with E-state index in [9.17, 15) is 0 Å². The Bertz CT molecular complexity index is 2810. The van der Waals surface area contributed by atoms with E-state index in [0.29, 0.717) is 41.4 Å². The van der Waals surface area contributed by atoms with E-state index in [1.54, 1.807) is 46.3 Å². The van der Waals surface area contributed by atoms with Gasteiger partial charge in [0.05, 0.1) is 16.9 Å². The summed E-state index contributed by atoms with van der Waals surface area (Å²) in [5.41, 5.74) is 6.21. The molecule has 8 aromatic heterocycles. The van der Waals surface area contributed by atoms with Gasteiger partial charge < -0.3 is 52.6 Å². The fourth-order valence-corrected chi connectivity index (χ4v) is 15.0. The zero-order chi connectivity index (χ0) is 69.6. The molecule has 29 nitrogen and oxygen atoms in total. The number of aromatic amines is 3. The van der Waals surface area contributed by atoms with Crippen LogP contribution in [-0.4, -0.2) is 287 Å². The van der Waals surface area contributed by atoms with Gasteiger partial charge in [-0.1, -0.05) is 22.0 Å². The number of tetrazole rings is 1. The molecule has 16 heterocycles. The molecule has 0 radical (unpaired) electrons. The Labute approximate surface area is 594 Å². The summed E-state index contributed by atoms with van der Waals surface area (Å²) in [6.45, 7) is 20.8. The van der Waals surface area contributed by atoms with Crippen LogP contribution in [-0.2, 0) is 13.5 Å². The number of nitrogens with one attached hydrogen (secondary N) is 3. The van der Waals surface area contributed by atoms with Crippen LogP contribution in [0.15, 0.2) is 61.2 Å². The predicted molar refractivity (Wildman–Crippen MR) is 383 cm³/mol. The smallest absolute Gasteiger partial charge is 0.361 e. The summed E-state index contributed by atoms with van der Waals surface area (Å²) in [6.07, 6.45) is 26.4. The van der Waals surface area contributed by atoms with E-state index in [4.69, 9.17) is 13.4 Å². The molecule has 8 aromatic rings. The second-order valence-corrected chi connectivity index (χ2v) is 30.0. The molecular weight excluding hydrogens is 1290 g/mol. The average Bonchev–Trinajstić information content (AvgIpc) is 2.77. The molecule has 8 fully saturated rings. The SMILES string of the molecule is CCc1nc(C2CCN(C)CC2)n[nH]1.CN1CCC(c2ccon2)CC1.CN1CCC(c2cscn2)CC1.CN1CCC(c2n[n+](C)co2)CC1.CN1CCC(c2ncn[nH]2)CC1.CN1CCC(c2nn[nH]n2)CC1.CN1CCC(c2nnco2)CC1.CN1CCC(c2nncs2)CC1. The summed E-state index contributed by atoms with van der Waals surface area (Å²) < 4.78 is 17.1. The molecule has 99 heavy (non-hydrogen) atoms. The molecule has 0 aromatic carbocycles. The molecule has 0 aliphatic carbocycles. The van der Waals surface area contributed by atoms with Crippen LogP contribution in [0.2, 0.25) is 0 Å². The van der Waals surface area contributed by atoms with Crippen molar-refractivity contribution in [3.8, 4) is 0 Å². The second-order valence-electron chi connectivity index (χ2n) is 28.4. The number of aryl methyl sites for hydroxylation is 2. The largest absolute Gasteiger partial charge is 0.428 e. The van der Waals surface area contributed by atoms with Gasteiger partial charge in [-0.3, -0.25) is 10.2 Å². The first-order valence-electron chi connectivity index (χ1n) is 36.3. The lowest BCUT2D eigenvalue weighted by Gasteiger charge is -2.27. The van der Waals surface area contributed by atoms with E-state index in [-0.39, 0.29) is 0 Å². The maximum Gasteiger partial charge on any atom is 0.361 e. The first-order valence-corrected chi connectivity index (χ1v) is 38.1. The van der Waals surface area contributed by atoms with Crippen LogP contribution in [0.25, 0.3) is 0 Å². The Morgan fingerprint density at radius 3 is 1.39 bits per heavy atom. The number of hydrogen-bond acceptors (Lipinski definition) is 27. The lowest BCUT2D eigenvalue weighted by molar-refractivity contribution is -0.731. The quantitative estimate of drug-likeness (QED) is 0.116. The van der Waals surface area contributed by atoms with E-state index in [0.717, 1.165) is 131 Å². The third kappa shape index (κ3) is 26.2. The standard InChI is InChI=1S/C10H18N4.C9H16N3O.C9H14N2O.C9H14N2S.C8H14N4.C8H13N3O.C8H13N3S.C7H13N5/c1-3-9-11-10(13-12-9)8-4-6-14(2)7-5-8;1-11-5-3-8(4-6-11)9-10-12(2)7-13-9;1-11-5-2-8(3-6-11)9-4-7-12-10-9;1-11-4-2-8(3-5-11)9-6-12-7-10-9;1-12-4-2-7(3-5-12)8-9-6-10-11-8;2*1-11-4-2-7(3-5-11)8-10-9-6-12-8;1-12-4-2-6(3-5-12)7-8-10-11-9-7/h8H,3-7H2,1-2H3,(H,11,12,13);7-8H,3-6H2,1-2H3;4,7-8H,2-3,5-6H2,1H3;6-8H,2-5H2,1H3;6-7H,2-5H2,1H3,(H,9,10,11);2*6-7H,2-5H2,1H3;6H,2-5H2,1H3,(H,8,9,10,11)/q;+1;;;;;;. The lowest BCUT2D eigenvalue weighted by atomic mass is 9.94. The normalized spacial score (nSPS) is 21.2. The van der Waals surface area contributed by atoms with E-state index in [1.165, 1.54) is 147 Å². The Morgan fingerprint density at radius 1 is 0.495 bits per heavy atom. The second kappa shape index (κ2) is 41.6. The molecule has 0 saturated carbocycles. The Kier molecular flexibility index (Phi) is 32.3. The number of hydrogen-bond donors (Lipinski definition) is 3. The predicted octanol–water partition coefficient (Wildman–Crippen LogP) is 7.77. The van der Waals surface area contributed by atoms with Gasteiger partial charge in [-0.15, -0.1) is 53.3 Å². The summed E-state index contributed by atoms with van der Waals surface area (Å²) >= 11 is 3.40. The summed E-state index contributed by atoms with van der Waals surface area (Å²) in [5, 5.41) is 55.4. The van der Waals surface area contributed by atoms with Crippen LogP contribution in [0.4, 0.5) is 0 Å². The van der Waals surface area contributed by atoms with Crippen LogP contribution in [0.3, 0.4) is 0 Å². The van der Waals surface area contributed by atoms with Crippen molar-refractivity contribution in [1.29, 1.82) is 0 Å². The maximum atomic E-state index is 5.37. The number of likely N-dealkylation sites (tertiary alicyclic amines) is 8. The van der Waals surface area contributed by atoms with Gasteiger partial charge in [-0.2, -0.15) is 15.4 Å². The molecule has 31 heteroatoms. The van der Waals surface area contributed by atoms with Crippen LogP contribution < -0.4 is 4.68 Å². The van der Waals surface area contributed by atoms with Crippen molar-refractivity contribution in [3.05, 3.63) is 99.3 Å². The molecule has 546 valence electrons. The Balaban J connectivity index is 0.000000132. The fraction of sp³-hybridized carbons (Fsp3) is 0.750. The van der Waals surface area contributed by atoms with Crippen molar-refractivity contribution < 1.29 is 18.0 Å². The monoisotopic (exact) mass is 1410 g/mol. The van der Waals surface area contributed by atoms with Gasteiger partial charge in [0.2, 0.25) is 12.3 Å². The van der Waals surface area contributed by atoms with Crippen LogP contribution in [0, 0.1) is 0 Å². The number of H-pyrrole nitrogens is 3. The highest BCUT2D eigenvalue weighted by molar-refractivity contribution is 7.09. The molecule has 0 spiro atoms. The zero-order valence-electron chi connectivity index (χ0n) is 60.9. The van der Waals surface area contributed by atoms with E-state index >= 15 is 0 Å². The van der Waals surface area contributed by atoms with Crippen LogP contribution >= 0.6 is 22.7 Å². The van der Waals surface area contributed by atoms with Gasteiger partial charge >= 0.3 is 6.39 Å². The average molecular weight is 1410 g/mol. The summed E-state index contributed by atoms with van der Waals surface area (Å²) in [5.74, 6) is 10.4.